The number of methoxy groups -OCH3 is 1. The number of sulfonamides is 1. The number of hydrogen-bond donors (Lipinski definition) is 2. The predicted molar refractivity (Wildman–Crippen MR) is 115 cm³/mol. The molecule has 8 heteroatoms. The average molecular weight is 420 g/mol. The maximum absolute atomic E-state index is 12.5. The highest BCUT2D eigenvalue weighted by Gasteiger charge is 2.26. The Morgan fingerprint density at radius 1 is 1.07 bits per heavy atom. The number of nitrogens with one attached hydrogen (secondary N) is 2. The summed E-state index contributed by atoms with van der Waals surface area (Å²) < 4.78 is 31.8. The number of thiocarbonyl (C=S) groups is 1. The summed E-state index contributed by atoms with van der Waals surface area (Å²) in [6.07, 6.45) is 2.68. The number of hydrogen-bond acceptors (Lipinski definition) is 4. The molecule has 0 atom stereocenters. The minimum absolute atomic E-state index is 0.318. The molecule has 0 unspecified atom stereocenters. The lowest BCUT2D eigenvalue weighted by atomic mass is 10.1. The van der Waals surface area contributed by atoms with E-state index in [0.29, 0.717) is 29.6 Å². The first kappa shape index (κ1) is 20.6. The van der Waals surface area contributed by atoms with Gasteiger partial charge in [-0.25, -0.2) is 8.42 Å². The summed E-state index contributed by atoms with van der Waals surface area (Å²) in [4.78, 5) is 0.318. The van der Waals surface area contributed by atoms with Crippen LogP contribution in [-0.2, 0) is 16.4 Å². The molecule has 1 fully saturated rings. The van der Waals surface area contributed by atoms with E-state index in [1.54, 1.807) is 35.7 Å². The fraction of sp³-hybridized carbons (Fsp3) is 0.350. The van der Waals surface area contributed by atoms with E-state index in [-0.39, 0.29) is 0 Å². The zero-order chi connectivity index (χ0) is 20.0. The molecule has 0 aromatic heterocycles. The van der Waals surface area contributed by atoms with Crippen LogP contribution in [0.3, 0.4) is 0 Å². The fourth-order valence-corrected chi connectivity index (χ4v) is 4.81. The normalized spacial score (nSPS) is 14.6. The van der Waals surface area contributed by atoms with E-state index in [0.717, 1.165) is 30.7 Å². The van der Waals surface area contributed by atoms with Crippen LogP contribution in [0, 0.1) is 0 Å². The van der Waals surface area contributed by atoms with Gasteiger partial charge in [0.2, 0.25) is 10.0 Å². The number of anilines is 1. The van der Waals surface area contributed by atoms with Crippen molar-refractivity contribution in [3.63, 3.8) is 0 Å². The number of ether oxygens (including phenoxy) is 1. The lowest BCUT2D eigenvalue weighted by molar-refractivity contribution is 0.414. The highest BCUT2D eigenvalue weighted by molar-refractivity contribution is 7.89. The van der Waals surface area contributed by atoms with Gasteiger partial charge in [-0.05, 0) is 73.4 Å². The number of nitrogens with zero attached hydrogens (tertiary/aromatic N) is 1. The van der Waals surface area contributed by atoms with E-state index in [2.05, 4.69) is 10.6 Å². The van der Waals surface area contributed by atoms with Gasteiger partial charge in [0.05, 0.1) is 12.0 Å². The van der Waals surface area contributed by atoms with Gasteiger partial charge in [0.1, 0.15) is 5.75 Å². The van der Waals surface area contributed by atoms with Gasteiger partial charge in [-0.3, -0.25) is 0 Å². The molecule has 150 valence electrons. The highest BCUT2D eigenvalue weighted by Crippen LogP contribution is 2.22. The Hall–Kier alpha value is -2.16. The molecule has 28 heavy (non-hydrogen) atoms. The third-order valence-corrected chi connectivity index (χ3v) is 6.83. The summed E-state index contributed by atoms with van der Waals surface area (Å²) >= 11 is 5.32. The van der Waals surface area contributed by atoms with E-state index in [1.165, 1.54) is 5.56 Å². The second-order valence-corrected chi connectivity index (χ2v) is 8.96. The molecule has 1 saturated heterocycles. The van der Waals surface area contributed by atoms with Gasteiger partial charge in [0.15, 0.2) is 5.11 Å². The standard InChI is InChI=1S/C20H25N3O3S2/c1-26-18-8-4-16(5-9-18)12-13-21-20(27)22-17-6-10-19(11-7-17)28(24,25)23-14-2-3-15-23/h4-11H,2-3,12-15H2,1H3,(H2,21,22,27). The summed E-state index contributed by atoms with van der Waals surface area (Å²) in [7, 11) is -1.74. The molecule has 2 N–H and O–H groups in total. The second kappa shape index (κ2) is 9.36. The Balaban J connectivity index is 1.48. The largest absolute Gasteiger partial charge is 0.497 e. The van der Waals surface area contributed by atoms with Crippen molar-refractivity contribution in [1.29, 1.82) is 0 Å². The van der Waals surface area contributed by atoms with Crippen LogP contribution in [0.25, 0.3) is 0 Å². The van der Waals surface area contributed by atoms with Gasteiger partial charge >= 0.3 is 0 Å². The third-order valence-electron chi connectivity index (χ3n) is 4.67. The topological polar surface area (TPSA) is 70.7 Å². The molecule has 0 radical (unpaired) electrons. The lowest BCUT2D eigenvalue weighted by Gasteiger charge is -2.16. The first-order valence-corrected chi connectivity index (χ1v) is 11.1. The molecule has 1 aliphatic heterocycles. The molecular formula is C20H25N3O3S2. The van der Waals surface area contributed by atoms with Crippen molar-refractivity contribution in [2.24, 2.45) is 0 Å². The highest BCUT2D eigenvalue weighted by atomic mass is 32.2. The average Bonchev–Trinajstić information content (AvgIpc) is 3.25. The summed E-state index contributed by atoms with van der Waals surface area (Å²) in [5.41, 5.74) is 1.94. The number of benzene rings is 2. The third kappa shape index (κ3) is 5.21. The van der Waals surface area contributed by atoms with E-state index < -0.39 is 10.0 Å². The Morgan fingerprint density at radius 3 is 2.32 bits per heavy atom. The predicted octanol–water partition coefficient (Wildman–Crippen LogP) is 3.01. The zero-order valence-corrected chi connectivity index (χ0v) is 17.5. The molecule has 0 amide bonds. The minimum atomic E-state index is -3.39. The van der Waals surface area contributed by atoms with Gasteiger partial charge < -0.3 is 15.4 Å². The first-order chi connectivity index (χ1) is 13.5. The molecule has 6 nitrogen and oxygen atoms in total. The summed E-state index contributed by atoms with van der Waals surface area (Å²) in [5, 5.41) is 6.75. The summed E-state index contributed by atoms with van der Waals surface area (Å²) in [5.74, 6) is 0.837. The maximum atomic E-state index is 12.5. The van der Waals surface area contributed by atoms with E-state index in [4.69, 9.17) is 17.0 Å². The van der Waals surface area contributed by atoms with Crippen molar-refractivity contribution in [1.82, 2.24) is 9.62 Å². The fourth-order valence-electron chi connectivity index (χ4n) is 3.08. The smallest absolute Gasteiger partial charge is 0.243 e. The van der Waals surface area contributed by atoms with Crippen molar-refractivity contribution in [2.45, 2.75) is 24.2 Å². The second-order valence-electron chi connectivity index (χ2n) is 6.61. The van der Waals surface area contributed by atoms with Crippen molar-refractivity contribution in [3.05, 3.63) is 54.1 Å². The quantitative estimate of drug-likeness (QED) is 0.673. The lowest BCUT2D eigenvalue weighted by Crippen LogP contribution is -2.30. The SMILES string of the molecule is COc1ccc(CCNC(=S)Nc2ccc(S(=O)(=O)N3CCCC3)cc2)cc1. The zero-order valence-electron chi connectivity index (χ0n) is 15.8. The number of rotatable bonds is 7. The van der Waals surface area contributed by atoms with Crippen LogP contribution in [0.15, 0.2) is 53.4 Å². The Morgan fingerprint density at radius 2 is 1.71 bits per heavy atom. The van der Waals surface area contributed by atoms with Crippen molar-refractivity contribution < 1.29 is 13.2 Å². The van der Waals surface area contributed by atoms with Gasteiger partial charge in [-0.1, -0.05) is 12.1 Å². The molecule has 2 aromatic rings. The molecule has 3 rings (SSSR count). The molecule has 1 heterocycles. The maximum Gasteiger partial charge on any atom is 0.243 e. The van der Waals surface area contributed by atoms with Gasteiger partial charge in [0.25, 0.3) is 0 Å². The van der Waals surface area contributed by atoms with E-state index in [9.17, 15) is 8.42 Å². The van der Waals surface area contributed by atoms with Crippen LogP contribution in [0.2, 0.25) is 0 Å². The van der Waals surface area contributed by atoms with Crippen LogP contribution in [0.5, 0.6) is 5.75 Å². The van der Waals surface area contributed by atoms with Crippen LogP contribution >= 0.6 is 12.2 Å². The van der Waals surface area contributed by atoms with Crippen molar-refractivity contribution in [3.8, 4) is 5.75 Å². The van der Waals surface area contributed by atoms with Gasteiger partial charge in [-0.15, -0.1) is 0 Å². The first-order valence-electron chi connectivity index (χ1n) is 9.27. The van der Waals surface area contributed by atoms with Crippen LogP contribution in [-0.4, -0.2) is 44.6 Å². The summed E-state index contributed by atoms with van der Waals surface area (Å²) in [6.45, 7) is 1.90. The molecular weight excluding hydrogens is 394 g/mol. The summed E-state index contributed by atoms with van der Waals surface area (Å²) in [6, 6.07) is 14.6. The Kier molecular flexibility index (Phi) is 6.88. The van der Waals surface area contributed by atoms with Crippen molar-refractivity contribution >= 4 is 33.0 Å². The molecule has 0 aliphatic carbocycles. The molecule has 2 aromatic carbocycles. The monoisotopic (exact) mass is 419 g/mol. The molecule has 1 aliphatic rings. The van der Waals surface area contributed by atoms with E-state index >= 15 is 0 Å². The van der Waals surface area contributed by atoms with Gasteiger partial charge in [-0.2, -0.15) is 4.31 Å². The van der Waals surface area contributed by atoms with Crippen LogP contribution < -0.4 is 15.4 Å². The minimum Gasteiger partial charge on any atom is -0.497 e. The van der Waals surface area contributed by atoms with Crippen molar-refractivity contribution in [2.75, 3.05) is 32.1 Å². The molecule has 0 saturated carbocycles. The van der Waals surface area contributed by atoms with Gasteiger partial charge in [0, 0.05) is 25.3 Å². The van der Waals surface area contributed by atoms with Crippen LogP contribution in [0.4, 0.5) is 5.69 Å². The molecule has 0 bridgehead atoms. The van der Waals surface area contributed by atoms with E-state index in [1.807, 2.05) is 24.3 Å². The Bertz CT molecular complexity index is 891. The molecule has 0 spiro atoms. The van der Waals surface area contributed by atoms with Crippen LogP contribution in [0.1, 0.15) is 18.4 Å². The Labute approximate surface area is 171 Å².